The Morgan fingerprint density at radius 2 is 1.77 bits per heavy atom. The minimum Gasteiger partial charge on any atom is -0.461 e. The molecule has 1 aliphatic rings. The highest BCUT2D eigenvalue weighted by Crippen LogP contribution is 2.32. The Balaban J connectivity index is 1.86. The van der Waals surface area contributed by atoms with Gasteiger partial charge in [0.15, 0.2) is 0 Å². The first-order chi connectivity index (χ1) is 12.3. The third-order valence-corrected chi connectivity index (χ3v) is 4.17. The van der Waals surface area contributed by atoms with Gasteiger partial charge in [0.25, 0.3) is 5.91 Å². The van der Waals surface area contributed by atoms with Crippen LogP contribution in [0.2, 0.25) is 0 Å². The Labute approximate surface area is 148 Å². The van der Waals surface area contributed by atoms with Crippen LogP contribution in [0, 0.1) is 0 Å². The first-order valence-corrected chi connectivity index (χ1v) is 8.03. The quantitative estimate of drug-likeness (QED) is 0.844. The van der Waals surface area contributed by atoms with Gasteiger partial charge in [-0.2, -0.15) is 13.2 Å². The van der Waals surface area contributed by atoms with Gasteiger partial charge in [0.05, 0.1) is 5.56 Å². The normalized spacial score (nSPS) is 19.9. The molecule has 0 aliphatic carbocycles. The molecule has 4 nitrogen and oxygen atoms in total. The van der Waals surface area contributed by atoms with E-state index in [4.69, 9.17) is 4.74 Å². The van der Waals surface area contributed by atoms with Gasteiger partial charge >= 0.3 is 12.1 Å². The number of hydrogen-bond acceptors (Lipinski definition) is 3. The molecule has 1 heterocycles. The van der Waals surface area contributed by atoms with E-state index in [-0.39, 0.29) is 11.7 Å². The highest BCUT2D eigenvalue weighted by Gasteiger charge is 2.33. The molecular weight excluding hydrogens is 347 g/mol. The maximum absolute atomic E-state index is 12.7. The van der Waals surface area contributed by atoms with Crippen molar-refractivity contribution in [2.45, 2.75) is 31.7 Å². The summed E-state index contributed by atoms with van der Waals surface area (Å²) in [7, 11) is 0. The lowest BCUT2D eigenvalue weighted by atomic mass is 9.98. The van der Waals surface area contributed by atoms with E-state index in [0.29, 0.717) is 17.5 Å². The Morgan fingerprint density at radius 3 is 2.35 bits per heavy atom. The molecule has 2 aromatic carbocycles. The average Bonchev–Trinajstić information content (AvgIpc) is 2.91. The number of halogens is 3. The standard InChI is InChI=1S/C19H16F3NO3/c1-11-10-16(18(25)26-11)23-17(24)15-5-3-2-4-14(15)12-6-8-13(9-7-12)19(20,21)22/h2-9,11,16H,10H2,1H3,(H,23,24). The number of carbonyl (C=O) groups is 2. The van der Waals surface area contributed by atoms with Gasteiger partial charge in [0.2, 0.25) is 0 Å². The van der Waals surface area contributed by atoms with E-state index in [1.807, 2.05) is 0 Å². The number of cyclic esters (lactones) is 1. The van der Waals surface area contributed by atoms with Crippen LogP contribution in [0.1, 0.15) is 29.3 Å². The molecule has 1 N–H and O–H groups in total. The number of carbonyl (C=O) groups excluding carboxylic acids is 2. The Bertz CT molecular complexity index is 831. The van der Waals surface area contributed by atoms with Crippen molar-refractivity contribution in [2.75, 3.05) is 0 Å². The molecule has 1 fully saturated rings. The van der Waals surface area contributed by atoms with Crippen molar-refractivity contribution >= 4 is 11.9 Å². The lowest BCUT2D eigenvalue weighted by Crippen LogP contribution is -2.38. The summed E-state index contributed by atoms with van der Waals surface area (Å²) >= 11 is 0. The molecule has 2 atom stereocenters. The third-order valence-electron chi connectivity index (χ3n) is 4.17. The summed E-state index contributed by atoms with van der Waals surface area (Å²) in [5.41, 5.74) is 0.481. The Hall–Kier alpha value is -2.83. The second-order valence-corrected chi connectivity index (χ2v) is 6.13. The summed E-state index contributed by atoms with van der Waals surface area (Å²) < 4.78 is 43.2. The van der Waals surface area contributed by atoms with Crippen LogP contribution in [0.5, 0.6) is 0 Å². The zero-order chi connectivity index (χ0) is 18.9. The van der Waals surface area contributed by atoms with Gasteiger partial charge in [0, 0.05) is 12.0 Å². The van der Waals surface area contributed by atoms with Crippen LogP contribution in [0.4, 0.5) is 13.2 Å². The summed E-state index contributed by atoms with van der Waals surface area (Å²) in [4.78, 5) is 24.3. The topological polar surface area (TPSA) is 55.4 Å². The fraction of sp³-hybridized carbons (Fsp3) is 0.263. The van der Waals surface area contributed by atoms with Crippen molar-refractivity contribution in [3.8, 4) is 11.1 Å². The van der Waals surface area contributed by atoms with Crippen molar-refractivity contribution in [3.63, 3.8) is 0 Å². The summed E-state index contributed by atoms with van der Waals surface area (Å²) in [6, 6.07) is 10.4. The van der Waals surface area contributed by atoms with Gasteiger partial charge in [-0.25, -0.2) is 4.79 Å². The minimum atomic E-state index is -4.42. The van der Waals surface area contributed by atoms with Crippen molar-refractivity contribution < 1.29 is 27.5 Å². The third kappa shape index (κ3) is 3.71. The summed E-state index contributed by atoms with van der Waals surface area (Å²) in [5, 5.41) is 2.63. The van der Waals surface area contributed by atoms with E-state index in [1.54, 1.807) is 31.2 Å². The molecule has 7 heteroatoms. The number of hydrogen-bond donors (Lipinski definition) is 1. The predicted molar refractivity (Wildman–Crippen MR) is 88.3 cm³/mol. The molecule has 2 unspecified atom stereocenters. The van der Waals surface area contributed by atoms with Crippen LogP contribution in [-0.4, -0.2) is 24.0 Å². The van der Waals surface area contributed by atoms with E-state index in [0.717, 1.165) is 12.1 Å². The number of alkyl halides is 3. The number of ether oxygens (including phenoxy) is 1. The van der Waals surface area contributed by atoms with Crippen LogP contribution in [0.25, 0.3) is 11.1 Å². The molecular formula is C19H16F3NO3. The van der Waals surface area contributed by atoms with Crippen LogP contribution in [0.15, 0.2) is 48.5 Å². The van der Waals surface area contributed by atoms with E-state index >= 15 is 0 Å². The van der Waals surface area contributed by atoms with Crippen molar-refractivity contribution in [2.24, 2.45) is 0 Å². The number of rotatable bonds is 3. The summed E-state index contributed by atoms with van der Waals surface area (Å²) in [5.74, 6) is -0.964. The van der Waals surface area contributed by atoms with Crippen LogP contribution in [0.3, 0.4) is 0 Å². The maximum atomic E-state index is 12.7. The molecule has 136 valence electrons. The van der Waals surface area contributed by atoms with E-state index < -0.39 is 29.7 Å². The van der Waals surface area contributed by atoms with E-state index in [1.165, 1.54) is 12.1 Å². The number of esters is 1. The van der Waals surface area contributed by atoms with Crippen molar-refractivity contribution in [1.29, 1.82) is 0 Å². The largest absolute Gasteiger partial charge is 0.461 e. The molecule has 0 radical (unpaired) electrons. The molecule has 0 aromatic heterocycles. The number of nitrogens with one attached hydrogen (secondary N) is 1. The molecule has 0 bridgehead atoms. The van der Waals surface area contributed by atoms with E-state index in [9.17, 15) is 22.8 Å². The fourth-order valence-electron chi connectivity index (χ4n) is 2.88. The monoisotopic (exact) mass is 363 g/mol. The fourth-order valence-corrected chi connectivity index (χ4v) is 2.88. The Kier molecular flexibility index (Phi) is 4.71. The first kappa shape index (κ1) is 18.0. The maximum Gasteiger partial charge on any atom is 0.416 e. The molecule has 3 rings (SSSR count). The van der Waals surface area contributed by atoms with Gasteiger partial charge in [0.1, 0.15) is 12.1 Å². The van der Waals surface area contributed by atoms with E-state index in [2.05, 4.69) is 5.32 Å². The highest BCUT2D eigenvalue weighted by atomic mass is 19.4. The molecule has 2 aromatic rings. The number of benzene rings is 2. The predicted octanol–water partition coefficient (Wildman–Crippen LogP) is 3.81. The zero-order valence-electron chi connectivity index (χ0n) is 13.8. The lowest BCUT2D eigenvalue weighted by Gasteiger charge is -2.13. The van der Waals surface area contributed by atoms with Crippen molar-refractivity contribution in [1.82, 2.24) is 5.32 Å². The minimum absolute atomic E-state index is 0.266. The second-order valence-electron chi connectivity index (χ2n) is 6.13. The van der Waals surface area contributed by atoms with Gasteiger partial charge in [-0.1, -0.05) is 30.3 Å². The molecule has 1 saturated heterocycles. The SMILES string of the molecule is CC1CC(NC(=O)c2ccccc2-c2ccc(C(F)(F)F)cc2)C(=O)O1. The van der Waals surface area contributed by atoms with Gasteiger partial charge in [-0.05, 0) is 36.2 Å². The van der Waals surface area contributed by atoms with Crippen molar-refractivity contribution in [3.05, 3.63) is 59.7 Å². The molecule has 1 amide bonds. The Morgan fingerprint density at radius 1 is 1.12 bits per heavy atom. The number of amides is 1. The van der Waals surface area contributed by atoms with Crippen LogP contribution >= 0.6 is 0 Å². The molecule has 1 aliphatic heterocycles. The lowest BCUT2D eigenvalue weighted by molar-refractivity contribution is -0.142. The van der Waals surface area contributed by atoms with Gasteiger partial charge in [-0.3, -0.25) is 4.79 Å². The second kappa shape index (κ2) is 6.82. The van der Waals surface area contributed by atoms with Gasteiger partial charge in [-0.15, -0.1) is 0 Å². The molecule has 0 spiro atoms. The van der Waals surface area contributed by atoms with Crippen LogP contribution in [-0.2, 0) is 15.7 Å². The van der Waals surface area contributed by atoms with Crippen LogP contribution < -0.4 is 5.32 Å². The summed E-state index contributed by atoms with van der Waals surface area (Å²) in [6.45, 7) is 1.74. The molecule has 0 saturated carbocycles. The first-order valence-electron chi connectivity index (χ1n) is 8.03. The summed E-state index contributed by atoms with van der Waals surface area (Å²) in [6.07, 6.45) is -4.31. The highest BCUT2D eigenvalue weighted by molar-refractivity contribution is 6.02. The van der Waals surface area contributed by atoms with Gasteiger partial charge < -0.3 is 10.1 Å². The smallest absolute Gasteiger partial charge is 0.416 e. The molecule has 26 heavy (non-hydrogen) atoms. The average molecular weight is 363 g/mol. The zero-order valence-corrected chi connectivity index (χ0v) is 13.8.